The summed E-state index contributed by atoms with van der Waals surface area (Å²) in [6.07, 6.45) is 8.40. The topological polar surface area (TPSA) is 233 Å². The molecule has 30 heteroatoms. The van der Waals surface area contributed by atoms with Gasteiger partial charge in [0.1, 0.15) is 14.2 Å². The molecule has 0 radical (unpaired) electrons. The Balaban J connectivity index is 0.000000144. The van der Waals surface area contributed by atoms with Gasteiger partial charge in [-0.1, -0.05) is 179 Å². The van der Waals surface area contributed by atoms with Gasteiger partial charge in [0.2, 0.25) is 35.4 Å². The number of likely N-dealkylation sites (tertiary alicyclic amines) is 3. The molecule has 9 heterocycles. The lowest BCUT2D eigenvalue weighted by atomic mass is 9.90. The number of morpholine rings is 3. The molecule has 0 bridgehead atoms. The summed E-state index contributed by atoms with van der Waals surface area (Å²) in [4.78, 5) is 112. The maximum atomic E-state index is 14.6. The third-order valence-corrected chi connectivity index (χ3v) is 31.1. The van der Waals surface area contributed by atoms with Gasteiger partial charge in [0.15, 0.2) is 0 Å². The molecule has 131 heavy (non-hydrogen) atoms. The first kappa shape index (κ1) is 95.1. The highest BCUT2D eigenvalue weighted by atomic mass is 35.5. The van der Waals surface area contributed by atoms with Gasteiger partial charge in [-0.2, -0.15) is 0 Å². The van der Waals surface area contributed by atoms with E-state index in [1.54, 1.807) is 0 Å². The Morgan fingerprint density at radius 3 is 1.04 bits per heavy atom. The number of halogens is 6. The summed E-state index contributed by atoms with van der Waals surface area (Å²) in [7, 11) is 0. The van der Waals surface area contributed by atoms with Crippen LogP contribution < -0.4 is 16.0 Å². The number of H-pyrrole nitrogens is 3. The number of amides is 6. The van der Waals surface area contributed by atoms with Crippen LogP contribution in [0.5, 0.6) is 0 Å². The maximum absolute atomic E-state index is 14.6. The standard InChI is InChI=1S/2C34H36Cl2N4O3S.C33H34Cl2N4O3S/c2*1-23(24-8-10-25(35)11-9-24)40-31(41)21-34(44-27-6-3-2-4-7-27,33(42)37-14-5-15-39-16-18-43-19-17-39)32(40)29-22-38-30-20-26(36)12-13-28(29)30;34-24-7-4-6-23(18-24)22-39-30(40)20-33(43-26-8-2-1-3-9-26,32(41)36-12-5-13-38-14-16-42-17-15-38)31(39)28-21-37-29-19-25(35)10-11-27(28)29/h2*2-4,6-13,20,22-23,32,38H,5,14-19,21H2,1H3,(H,37,42);1-4,6-11,18-19,21,31,37H,5,12-17,20,22H2,(H,36,41)/t23-,32+,34+;23-,32+,34-;31-,33+/m110/s1. The minimum Gasteiger partial charge on any atom is -0.379 e. The number of hydrogen-bond acceptors (Lipinski definition) is 15. The second-order valence-electron chi connectivity index (χ2n) is 33.9. The van der Waals surface area contributed by atoms with Crippen molar-refractivity contribution < 1.29 is 43.0 Å². The molecule has 6 fully saturated rings. The lowest BCUT2D eigenvalue weighted by Crippen LogP contribution is -2.49. The van der Waals surface area contributed by atoms with Crippen LogP contribution in [0.25, 0.3) is 32.7 Å². The summed E-state index contributed by atoms with van der Waals surface area (Å²) in [5, 5.41) is 16.2. The molecule has 0 unspecified atom stereocenters. The Labute approximate surface area is 806 Å². The van der Waals surface area contributed by atoms with Gasteiger partial charge in [0.05, 0.1) is 89.1 Å². The summed E-state index contributed by atoms with van der Waals surface area (Å²) >= 11 is 42.2. The number of benzene rings is 9. The fourth-order valence-corrected chi connectivity index (χ4v) is 24.2. The minimum atomic E-state index is -1.13. The molecule has 6 N–H and O–H groups in total. The molecule has 6 amide bonds. The van der Waals surface area contributed by atoms with E-state index >= 15 is 0 Å². The van der Waals surface area contributed by atoms with Crippen LogP contribution in [0.3, 0.4) is 0 Å². The lowest BCUT2D eigenvalue weighted by Gasteiger charge is -2.39. The molecule has 8 atom stereocenters. The van der Waals surface area contributed by atoms with Crippen LogP contribution in [0.2, 0.25) is 30.1 Å². The maximum Gasteiger partial charge on any atom is 0.239 e. The van der Waals surface area contributed by atoms with Crippen molar-refractivity contribution in [3.8, 4) is 0 Å². The zero-order valence-corrected chi connectivity index (χ0v) is 79.9. The number of hydrogen-bond donors (Lipinski definition) is 6. The Hall–Kier alpha value is -9.03. The lowest BCUT2D eigenvalue weighted by molar-refractivity contribution is -0.132. The number of carbonyl (C=O) groups excluding carboxylic acids is 6. The van der Waals surface area contributed by atoms with E-state index in [0.29, 0.717) is 56.3 Å². The SMILES string of the molecule is C[C@H](c1ccc(Cl)cc1)N1C(=O)C[C@@](Sc2ccccc2)(C(=O)NCCCN2CCOCC2)[C@@H]1c1c[nH]c2cc(Cl)ccc12.C[C@H](c1ccc(Cl)cc1)N1C(=O)C[C@](Sc2ccccc2)(C(=O)NCCCN2CCOCC2)[C@@H]1c1c[nH]c2cc(Cl)ccc12.O=C1C[C@](Sc2ccccc2)(C(=O)NCCCN2CCOCC2)[C@H](c2c[nH]c3cc(Cl)ccc23)N1Cc1cccc(Cl)c1. The van der Waals surface area contributed by atoms with Crippen molar-refractivity contribution in [3.63, 3.8) is 0 Å². The number of nitrogens with zero attached hydrogens (tertiary/aromatic N) is 6. The Kier molecular flexibility index (Phi) is 31.9. The van der Waals surface area contributed by atoms with Crippen molar-refractivity contribution in [2.45, 2.75) is 118 Å². The highest BCUT2D eigenvalue weighted by Crippen LogP contribution is 2.60. The van der Waals surface area contributed by atoms with E-state index in [4.69, 9.17) is 83.8 Å². The number of nitrogens with one attached hydrogen (secondary N) is 6. The average Bonchev–Trinajstić information content (AvgIpc) is 1.56. The van der Waals surface area contributed by atoms with Gasteiger partial charge in [-0.15, -0.1) is 35.3 Å². The molecule has 6 aliphatic heterocycles. The molecule has 684 valence electrons. The molecule has 0 aliphatic carbocycles. The zero-order chi connectivity index (χ0) is 91.2. The van der Waals surface area contributed by atoms with E-state index in [1.165, 1.54) is 35.3 Å². The molecule has 3 aromatic heterocycles. The predicted octanol–water partition coefficient (Wildman–Crippen LogP) is 20.1. The number of aromatic amines is 3. The third-order valence-electron chi connectivity index (χ3n) is 25.4. The van der Waals surface area contributed by atoms with Crippen LogP contribution in [0.4, 0.5) is 0 Å². The molecule has 0 spiro atoms. The molecular weight excluding hydrogens is 1830 g/mol. The number of carbonyl (C=O) groups is 6. The molecule has 6 saturated heterocycles. The highest BCUT2D eigenvalue weighted by Gasteiger charge is 2.62. The average molecular weight is 1940 g/mol. The number of rotatable bonds is 30. The second-order valence-corrected chi connectivity index (χ2v) is 40.7. The molecule has 0 saturated carbocycles. The van der Waals surface area contributed by atoms with Crippen LogP contribution in [0.1, 0.15) is 116 Å². The first-order valence-corrected chi connectivity index (χ1v) is 49.3. The summed E-state index contributed by atoms with van der Waals surface area (Å²) in [5.41, 5.74) is 8.02. The first-order valence-electron chi connectivity index (χ1n) is 44.6. The van der Waals surface area contributed by atoms with Gasteiger partial charge in [-0.25, -0.2) is 0 Å². The number of aromatic nitrogens is 3. The normalized spacial score (nSPS) is 21.4. The molecule has 12 aromatic rings. The van der Waals surface area contributed by atoms with E-state index < -0.39 is 32.4 Å². The number of ether oxygens (including phenoxy) is 3. The Morgan fingerprint density at radius 2 is 0.695 bits per heavy atom. The molecule has 18 rings (SSSR count). The monoisotopic (exact) mass is 1940 g/mol. The minimum absolute atomic E-state index is 0.0602. The first-order chi connectivity index (χ1) is 63.6. The van der Waals surface area contributed by atoms with Crippen molar-refractivity contribution in [2.24, 2.45) is 0 Å². The van der Waals surface area contributed by atoms with Gasteiger partial charge in [-0.3, -0.25) is 43.5 Å². The van der Waals surface area contributed by atoms with Crippen molar-refractivity contribution in [1.29, 1.82) is 0 Å². The van der Waals surface area contributed by atoms with Gasteiger partial charge >= 0.3 is 0 Å². The summed E-state index contributed by atoms with van der Waals surface area (Å²) in [6, 6.07) is 67.0. The summed E-state index contributed by atoms with van der Waals surface area (Å²) in [6.45, 7) is 18.4. The highest BCUT2D eigenvalue weighted by molar-refractivity contribution is 8.02. The molecule has 9 aromatic carbocycles. The third kappa shape index (κ3) is 22.2. The summed E-state index contributed by atoms with van der Waals surface area (Å²) < 4.78 is 13.0. The fraction of sp³-hybridized carbons (Fsp3) is 0.347. The number of thioether (sulfide) groups is 3. The van der Waals surface area contributed by atoms with E-state index in [9.17, 15) is 28.8 Å². The van der Waals surface area contributed by atoms with Gasteiger partial charge < -0.3 is 59.8 Å². The van der Waals surface area contributed by atoms with Crippen LogP contribution in [-0.4, -0.2) is 212 Å². The van der Waals surface area contributed by atoms with Gasteiger partial charge in [0.25, 0.3) is 0 Å². The van der Waals surface area contributed by atoms with Crippen molar-refractivity contribution in [1.82, 2.24) is 60.3 Å². The van der Waals surface area contributed by atoms with Crippen molar-refractivity contribution >= 4 is 173 Å². The van der Waals surface area contributed by atoms with Crippen LogP contribution in [0.15, 0.2) is 252 Å². The molecule has 21 nitrogen and oxygen atoms in total. The Morgan fingerprint density at radius 1 is 0.382 bits per heavy atom. The van der Waals surface area contributed by atoms with Gasteiger partial charge in [0, 0.05) is 178 Å². The van der Waals surface area contributed by atoms with Crippen molar-refractivity contribution in [2.75, 3.05) is 118 Å². The quantitative estimate of drug-likeness (QED) is 0.0230. The van der Waals surface area contributed by atoms with E-state index in [2.05, 4.69) is 45.6 Å². The van der Waals surface area contributed by atoms with Gasteiger partial charge in [-0.05, 0) is 179 Å². The number of fused-ring (bicyclic) bond motifs is 3. The molecular formula is C101H106Cl6N12O9S3. The smallest absolute Gasteiger partial charge is 0.239 e. The van der Waals surface area contributed by atoms with Crippen LogP contribution in [-0.2, 0) is 49.5 Å². The van der Waals surface area contributed by atoms with E-state index in [1.807, 2.05) is 266 Å². The predicted molar refractivity (Wildman–Crippen MR) is 527 cm³/mol. The summed E-state index contributed by atoms with van der Waals surface area (Å²) in [5.74, 6) is -0.652. The Bertz CT molecular complexity index is 5710. The molecule has 6 aliphatic rings. The fourth-order valence-electron chi connectivity index (χ4n) is 18.9. The van der Waals surface area contributed by atoms with Crippen LogP contribution >= 0.6 is 105 Å². The zero-order valence-electron chi connectivity index (χ0n) is 72.9. The van der Waals surface area contributed by atoms with E-state index in [0.717, 1.165) is 199 Å². The largest absolute Gasteiger partial charge is 0.379 e. The van der Waals surface area contributed by atoms with E-state index in [-0.39, 0.29) is 66.8 Å². The second kappa shape index (κ2) is 44.0. The van der Waals surface area contributed by atoms with Crippen LogP contribution in [0, 0.1) is 0 Å². The van der Waals surface area contributed by atoms with Crippen molar-refractivity contribution in [3.05, 3.63) is 300 Å².